The second kappa shape index (κ2) is 10.3. The first-order chi connectivity index (χ1) is 19.1. The number of aryl methyl sites for hydroxylation is 1. The van der Waals surface area contributed by atoms with Crippen LogP contribution >= 0.6 is 0 Å². The van der Waals surface area contributed by atoms with Gasteiger partial charge in [-0.2, -0.15) is 0 Å². The van der Waals surface area contributed by atoms with Gasteiger partial charge in [-0.3, -0.25) is 4.79 Å². The minimum atomic E-state index is -3.27. The van der Waals surface area contributed by atoms with E-state index in [4.69, 9.17) is 15.5 Å². The van der Waals surface area contributed by atoms with Gasteiger partial charge in [0.15, 0.2) is 0 Å². The first kappa shape index (κ1) is 26.9. The molecule has 214 valence electrons. The number of ether oxygens (including phenoxy) is 1. The highest BCUT2D eigenvalue weighted by Gasteiger charge is 2.39. The Labute approximate surface area is 233 Å². The standard InChI is InChI=1S/C28H35FN6O4S/c1-39-24-12-19(28(36)33-15-20(29)13-21(30)16-33)10-22-25(24)34(8-9-40(2,37)38)27(32-22)23-11-18-4-3-7-31-26(18)35(23)14-17-5-6-17/h3-4,7,10,12,17,20-21,23H,5-6,8-9,11,13-16,30H2,1-2H3/t20-,21-,23?/m1/s1. The van der Waals surface area contributed by atoms with Crippen LogP contribution in [0.4, 0.5) is 10.2 Å². The van der Waals surface area contributed by atoms with Gasteiger partial charge in [-0.15, -0.1) is 0 Å². The normalized spacial score (nSPS) is 23.1. The van der Waals surface area contributed by atoms with Gasteiger partial charge >= 0.3 is 0 Å². The summed E-state index contributed by atoms with van der Waals surface area (Å²) in [5.41, 5.74) is 8.61. The van der Waals surface area contributed by atoms with E-state index < -0.39 is 22.1 Å². The number of hydrogen-bond donors (Lipinski definition) is 1. The average molecular weight is 571 g/mol. The number of carbonyl (C=O) groups is 1. The van der Waals surface area contributed by atoms with E-state index in [1.54, 1.807) is 18.3 Å². The van der Waals surface area contributed by atoms with Gasteiger partial charge in [-0.1, -0.05) is 6.07 Å². The van der Waals surface area contributed by atoms with Crippen molar-refractivity contribution in [1.29, 1.82) is 0 Å². The number of methoxy groups -OCH3 is 1. The molecule has 3 aliphatic rings. The number of nitrogens with zero attached hydrogens (tertiary/aromatic N) is 5. The van der Waals surface area contributed by atoms with Crippen LogP contribution in [0.1, 0.15) is 47.1 Å². The van der Waals surface area contributed by atoms with Crippen LogP contribution in [0, 0.1) is 5.92 Å². The number of amides is 1. The minimum Gasteiger partial charge on any atom is -0.494 e. The molecule has 1 unspecified atom stereocenters. The molecule has 4 heterocycles. The number of alkyl halides is 1. The number of aromatic nitrogens is 3. The Hall–Kier alpha value is -3.25. The maximum Gasteiger partial charge on any atom is 0.254 e. The summed E-state index contributed by atoms with van der Waals surface area (Å²) >= 11 is 0. The summed E-state index contributed by atoms with van der Waals surface area (Å²) in [5, 5.41) is 0. The maximum atomic E-state index is 14.2. The minimum absolute atomic E-state index is 0.00953. The van der Waals surface area contributed by atoms with Crippen molar-refractivity contribution in [2.45, 2.75) is 50.5 Å². The van der Waals surface area contributed by atoms with E-state index in [9.17, 15) is 17.6 Å². The number of rotatable bonds is 8. The largest absolute Gasteiger partial charge is 0.494 e. The van der Waals surface area contributed by atoms with Crippen molar-refractivity contribution in [2.75, 3.05) is 43.7 Å². The molecule has 2 N–H and O–H groups in total. The molecule has 3 atom stereocenters. The van der Waals surface area contributed by atoms with E-state index >= 15 is 0 Å². The van der Waals surface area contributed by atoms with Crippen molar-refractivity contribution >= 4 is 32.6 Å². The monoisotopic (exact) mass is 570 g/mol. The highest BCUT2D eigenvalue weighted by molar-refractivity contribution is 7.90. The molecule has 12 heteroatoms. The summed E-state index contributed by atoms with van der Waals surface area (Å²) in [6, 6.07) is 6.76. The Morgan fingerprint density at radius 3 is 2.75 bits per heavy atom. The number of carbonyl (C=O) groups excluding carboxylic acids is 1. The second-order valence-corrected chi connectivity index (χ2v) is 13.7. The highest BCUT2D eigenvalue weighted by atomic mass is 32.2. The lowest BCUT2D eigenvalue weighted by molar-refractivity contribution is 0.0606. The van der Waals surface area contributed by atoms with Crippen molar-refractivity contribution in [1.82, 2.24) is 19.4 Å². The van der Waals surface area contributed by atoms with Crippen LogP contribution in [0.3, 0.4) is 0 Å². The van der Waals surface area contributed by atoms with E-state index in [0.29, 0.717) is 40.5 Å². The molecular formula is C28H35FN6O4S. The van der Waals surface area contributed by atoms with Crippen LogP contribution < -0.4 is 15.4 Å². The number of fused-ring (bicyclic) bond motifs is 2. The molecule has 10 nitrogen and oxygen atoms in total. The predicted molar refractivity (Wildman–Crippen MR) is 150 cm³/mol. The second-order valence-electron chi connectivity index (χ2n) is 11.4. The third-order valence-corrected chi connectivity index (χ3v) is 9.01. The maximum absolute atomic E-state index is 14.2. The number of sulfone groups is 1. The van der Waals surface area contributed by atoms with Gasteiger partial charge < -0.3 is 24.8 Å². The fourth-order valence-electron chi connectivity index (χ4n) is 6.02. The van der Waals surface area contributed by atoms with Crippen molar-refractivity contribution in [2.24, 2.45) is 11.7 Å². The molecule has 1 aliphatic carbocycles. The van der Waals surface area contributed by atoms with Crippen LogP contribution in [0.2, 0.25) is 0 Å². The lowest BCUT2D eigenvalue weighted by Gasteiger charge is -2.33. The number of imidazole rings is 1. The van der Waals surface area contributed by atoms with E-state index in [-0.39, 0.29) is 43.8 Å². The van der Waals surface area contributed by atoms with Gasteiger partial charge in [-0.25, -0.2) is 22.8 Å². The lowest BCUT2D eigenvalue weighted by atomic mass is 10.0. The van der Waals surface area contributed by atoms with E-state index in [1.165, 1.54) is 31.1 Å². The van der Waals surface area contributed by atoms with Crippen molar-refractivity contribution in [3.63, 3.8) is 0 Å². The topological polar surface area (TPSA) is 124 Å². The summed E-state index contributed by atoms with van der Waals surface area (Å²) in [4.78, 5) is 26.9. The summed E-state index contributed by atoms with van der Waals surface area (Å²) in [6.07, 6.45) is 5.12. The third-order valence-electron chi connectivity index (χ3n) is 8.09. The molecule has 2 aromatic heterocycles. The highest BCUT2D eigenvalue weighted by Crippen LogP contribution is 2.43. The Morgan fingerprint density at radius 1 is 1.25 bits per heavy atom. The number of benzene rings is 1. The van der Waals surface area contributed by atoms with Crippen molar-refractivity contribution in [3.8, 4) is 5.75 Å². The van der Waals surface area contributed by atoms with Gasteiger partial charge in [-0.05, 0) is 48.9 Å². The first-order valence-corrected chi connectivity index (χ1v) is 15.8. The van der Waals surface area contributed by atoms with Gasteiger partial charge in [0.1, 0.15) is 38.9 Å². The van der Waals surface area contributed by atoms with Crippen LogP contribution in [0.5, 0.6) is 5.75 Å². The van der Waals surface area contributed by atoms with Gasteiger partial charge in [0.05, 0.1) is 31.0 Å². The quantitative estimate of drug-likeness (QED) is 0.438. The summed E-state index contributed by atoms with van der Waals surface area (Å²) in [5.74, 6) is 2.25. The SMILES string of the molecule is COc1cc(C(=O)N2C[C@H](N)C[C@@H](F)C2)cc2nc(C3Cc4cccnc4N3CC3CC3)n(CCS(C)(=O)=O)c12. The molecule has 0 radical (unpaired) electrons. The Bertz CT molecular complexity index is 1550. The van der Waals surface area contributed by atoms with Gasteiger partial charge in [0, 0.05) is 50.1 Å². The van der Waals surface area contributed by atoms with Gasteiger partial charge in [0.25, 0.3) is 5.91 Å². The molecule has 1 amide bonds. The average Bonchev–Trinajstić information content (AvgIpc) is 3.55. The van der Waals surface area contributed by atoms with E-state index in [0.717, 1.165) is 17.9 Å². The fraction of sp³-hybridized carbons (Fsp3) is 0.536. The Balaban J connectivity index is 1.45. The van der Waals surface area contributed by atoms with Crippen molar-refractivity contribution < 1.29 is 22.3 Å². The molecule has 2 aliphatic heterocycles. The zero-order valence-corrected chi connectivity index (χ0v) is 23.6. The van der Waals surface area contributed by atoms with E-state index in [1.807, 2.05) is 10.6 Å². The third kappa shape index (κ3) is 5.26. The molecule has 2 fully saturated rings. The molecule has 3 aromatic rings. The van der Waals surface area contributed by atoms with Crippen LogP contribution in [-0.2, 0) is 22.8 Å². The molecular weight excluding hydrogens is 535 g/mol. The van der Waals surface area contributed by atoms with Crippen LogP contribution in [-0.4, -0.2) is 84.7 Å². The van der Waals surface area contributed by atoms with Crippen molar-refractivity contribution in [3.05, 3.63) is 47.4 Å². The number of hydrogen-bond acceptors (Lipinski definition) is 8. The predicted octanol–water partition coefficient (Wildman–Crippen LogP) is 2.51. The molecule has 1 saturated carbocycles. The zero-order valence-electron chi connectivity index (χ0n) is 22.8. The smallest absolute Gasteiger partial charge is 0.254 e. The summed E-state index contributed by atoms with van der Waals surface area (Å²) in [7, 11) is -1.76. The number of likely N-dealkylation sites (tertiary alicyclic amines) is 1. The molecule has 6 rings (SSSR count). The summed E-state index contributed by atoms with van der Waals surface area (Å²) in [6.45, 7) is 1.31. The molecule has 1 aromatic carbocycles. The first-order valence-electron chi connectivity index (χ1n) is 13.8. The molecule has 1 saturated heterocycles. The van der Waals surface area contributed by atoms with Crippen LogP contribution in [0.25, 0.3) is 11.0 Å². The lowest BCUT2D eigenvalue weighted by Crippen LogP contribution is -2.50. The number of anilines is 1. The molecule has 0 spiro atoms. The molecule has 0 bridgehead atoms. The number of pyridine rings is 1. The number of nitrogens with two attached hydrogens (primary N) is 1. The Morgan fingerprint density at radius 2 is 2.05 bits per heavy atom. The fourth-order valence-corrected chi connectivity index (χ4v) is 6.54. The number of halogens is 1. The summed E-state index contributed by atoms with van der Waals surface area (Å²) < 4.78 is 46.4. The van der Waals surface area contributed by atoms with Gasteiger partial charge in [0.2, 0.25) is 0 Å². The number of piperidine rings is 1. The van der Waals surface area contributed by atoms with Crippen LogP contribution in [0.15, 0.2) is 30.5 Å². The molecule has 40 heavy (non-hydrogen) atoms. The Kier molecular flexibility index (Phi) is 6.94. The zero-order chi connectivity index (χ0) is 28.2. The van der Waals surface area contributed by atoms with E-state index in [2.05, 4.69) is 16.0 Å².